The van der Waals surface area contributed by atoms with E-state index in [0.717, 1.165) is 25.1 Å². The van der Waals surface area contributed by atoms with Crippen molar-refractivity contribution in [2.75, 3.05) is 6.54 Å². The minimum atomic E-state index is 0.244. The van der Waals surface area contributed by atoms with Crippen LogP contribution in [0.5, 0.6) is 0 Å². The van der Waals surface area contributed by atoms with Crippen molar-refractivity contribution in [3.63, 3.8) is 0 Å². The van der Waals surface area contributed by atoms with E-state index in [9.17, 15) is 0 Å². The molecule has 0 fully saturated rings. The summed E-state index contributed by atoms with van der Waals surface area (Å²) in [7, 11) is 0. The van der Waals surface area contributed by atoms with Crippen LogP contribution in [0.1, 0.15) is 47.3 Å². The molecule has 1 aromatic carbocycles. The molecule has 0 aliphatic heterocycles. The number of nitrogens with one attached hydrogen (secondary N) is 1. The zero-order valence-electron chi connectivity index (χ0n) is 13.5. The maximum atomic E-state index is 4.43. The molecule has 3 nitrogen and oxygen atoms in total. The van der Waals surface area contributed by atoms with Crippen LogP contribution in [-0.2, 0) is 6.42 Å². The molecule has 1 aromatic heterocycles. The van der Waals surface area contributed by atoms with Gasteiger partial charge in [0.2, 0.25) is 0 Å². The summed E-state index contributed by atoms with van der Waals surface area (Å²) in [5.41, 5.74) is 6.55. The van der Waals surface area contributed by atoms with Crippen LogP contribution in [0.25, 0.3) is 0 Å². The highest BCUT2D eigenvalue weighted by Gasteiger charge is 2.15. The summed E-state index contributed by atoms with van der Waals surface area (Å²) in [6.07, 6.45) is 5.53. The lowest BCUT2D eigenvalue weighted by Gasteiger charge is -2.21. The molecular weight excluding hydrogens is 258 g/mol. The Bertz CT molecular complexity index is 555. The first-order chi connectivity index (χ1) is 10.1. The topological polar surface area (TPSA) is 37.8 Å². The molecule has 0 aliphatic rings. The van der Waals surface area contributed by atoms with Crippen LogP contribution in [0.15, 0.2) is 30.7 Å². The maximum Gasteiger partial charge on any atom is 0.115 e. The highest BCUT2D eigenvalue weighted by atomic mass is 14.9. The van der Waals surface area contributed by atoms with Crippen LogP contribution in [-0.4, -0.2) is 16.5 Å². The second kappa shape index (κ2) is 7.32. The minimum Gasteiger partial charge on any atom is -0.308 e. The molecule has 1 atom stereocenters. The van der Waals surface area contributed by atoms with E-state index < -0.39 is 0 Å². The fourth-order valence-corrected chi connectivity index (χ4v) is 2.84. The zero-order chi connectivity index (χ0) is 15.2. The van der Waals surface area contributed by atoms with E-state index in [1.54, 1.807) is 6.33 Å². The standard InChI is InChI=1S/C18H25N3/c1-5-7-20-18(17-6-8-19-12-21-17)11-16-14(3)9-13(2)10-15(16)4/h6,8-10,12,18,20H,5,7,11H2,1-4H3. The first kappa shape index (κ1) is 15.6. The number of rotatable bonds is 6. The van der Waals surface area contributed by atoms with Gasteiger partial charge in [-0.2, -0.15) is 0 Å². The molecular formula is C18H25N3. The van der Waals surface area contributed by atoms with E-state index in [2.05, 4.69) is 55.1 Å². The first-order valence-corrected chi connectivity index (χ1v) is 7.67. The van der Waals surface area contributed by atoms with Crippen molar-refractivity contribution in [1.29, 1.82) is 0 Å². The van der Waals surface area contributed by atoms with E-state index in [1.165, 1.54) is 22.3 Å². The Balaban J connectivity index is 2.27. The van der Waals surface area contributed by atoms with Gasteiger partial charge >= 0.3 is 0 Å². The van der Waals surface area contributed by atoms with Gasteiger partial charge in [-0.1, -0.05) is 24.6 Å². The van der Waals surface area contributed by atoms with Crippen LogP contribution < -0.4 is 5.32 Å². The van der Waals surface area contributed by atoms with Gasteiger partial charge in [-0.25, -0.2) is 9.97 Å². The highest BCUT2D eigenvalue weighted by molar-refractivity contribution is 5.38. The molecule has 0 radical (unpaired) electrons. The minimum absolute atomic E-state index is 0.244. The third kappa shape index (κ3) is 4.11. The summed E-state index contributed by atoms with van der Waals surface area (Å²) in [5, 5.41) is 3.61. The van der Waals surface area contributed by atoms with Crippen LogP contribution >= 0.6 is 0 Å². The SMILES string of the molecule is CCCNC(Cc1c(C)cc(C)cc1C)c1ccncn1. The fourth-order valence-electron chi connectivity index (χ4n) is 2.84. The average Bonchev–Trinajstić information content (AvgIpc) is 2.46. The van der Waals surface area contributed by atoms with Crippen molar-refractivity contribution >= 4 is 0 Å². The highest BCUT2D eigenvalue weighted by Crippen LogP contribution is 2.23. The van der Waals surface area contributed by atoms with E-state index in [0.29, 0.717) is 0 Å². The molecule has 0 aliphatic carbocycles. The lowest BCUT2D eigenvalue weighted by atomic mass is 9.93. The zero-order valence-corrected chi connectivity index (χ0v) is 13.5. The van der Waals surface area contributed by atoms with Crippen molar-refractivity contribution in [3.8, 4) is 0 Å². The van der Waals surface area contributed by atoms with E-state index in [4.69, 9.17) is 0 Å². The third-order valence-corrected chi connectivity index (χ3v) is 3.85. The number of benzene rings is 1. The molecule has 0 spiro atoms. The Morgan fingerprint density at radius 2 is 1.86 bits per heavy atom. The molecule has 3 heteroatoms. The molecule has 2 aromatic rings. The average molecular weight is 283 g/mol. The van der Waals surface area contributed by atoms with Gasteiger partial charge in [-0.15, -0.1) is 0 Å². The molecule has 112 valence electrons. The molecule has 2 rings (SSSR count). The predicted molar refractivity (Wildman–Crippen MR) is 87.4 cm³/mol. The summed E-state index contributed by atoms with van der Waals surface area (Å²) in [6.45, 7) is 9.74. The number of nitrogens with zero attached hydrogens (tertiary/aromatic N) is 2. The lowest BCUT2D eigenvalue weighted by Crippen LogP contribution is -2.25. The van der Waals surface area contributed by atoms with Crippen molar-refractivity contribution < 1.29 is 0 Å². The number of hydrogen-bond acceptors (Lipinski definition) is 3. The number of aryl methyl sites for hydroxylation is 3. The Labute approximate surface area is 127 Å². The van der Waals surface area contributed by atoms with Gasteiger partial charge in [0.25, 0.3) is 0 Å². The van der Waals surface area contributed by atoms with Gasteiger partial charge in [-0.05, 0) is 62.9 Å². The van der Waals surface area contributed by atoms with Crippen molar-refractivity contribution in [2.24, 2.45) is 0 Å². The van der Waals surface area contributed by atoms with E-state index in [1.807, 2.05) is 12.3 Å². The second-order valence-electron chi connectivity index (χ2n) is 5.72. The molecule has 1 heterocycles. The molecule has 1 unspecified atom stereocenters. The Morgan fingerprint density at radius 1 is 1.14 bits per heavy atom. The predicted octanol–water partition coefficient (Wildman–Crippen LogP) is 3.69. The summed E-state index contributed by atoms with van der Waals surface area (Å²) in [5.74, 6) is 0. The lowest BCUT2D eigenvalue weighted by molar-refractivity contribution is 0.515. The summed E-state index contributed by atoms with van der Waals surface area (Å²) < 4.78 is 0. The monoisotopic (exact) mass is 283 g/mol. The van der Waals surface area contributed by atoms with Gasteiger partial charge in [-0.3, -0.25) is 0 Å². The Hall–Kier alpha value is -1.74. The molecule has 21 heavy (non-hydrogen) atoms. The van der Waals surface area contributed by atoms with Gasteiger partial charge in [0.1, 0.15) is 6.33 Å². The third-order valence-electron chi connectivity index (χ3n) is 3.85. The van der Waals surface area contributed by atoms with E-state index in [-0.39, 0.29) is 6.04 Å². The fraction of sp³-hybridized carbons (Fsp3) is 0.444. The van der Waals surface area contributed by atoms with E-state index >= 15 is 0 Å². The summed E-state index contributed by atoms with van der Waals surface area (Å²) in [4.78, 5) is 8.45. The van der Waals surface area contributed by atoms with Crippen LogP contribution in [0.3, 0.4) is 0 Å². The van der Waals surface area contributed by atoms with Gasteiger partial charge < -0.3 is 5.32 Å². The van der Waals surface area contributed by atoms with Gasteiger partial charge in [0.05, 0.1) is 11.7 Å². The van der Waals surface area contributed by atoms with Gasteiger partial charge in [0, 0.05) is 6.20 Å². The molecule has 0 saturated heterocycles. The molecule has 0 bridgehead atoms. The van der Waals surface area contributed by atoms with Crippen molar-refractivity contribution in [1.82, 2.24) is 15.3 Å². The van der Waals surface area contributed by atoms with Crippen molar-refractivity contribution in [2.45, 2.75) is 46.6 Å². The molecule has 1 N–H and O–H groups in total. The molecule has 0 amide bonds. The second-order valence-corrected chi connectivity index (χ2v) is 5.72. The summed E-state index contributed by atoms with van der Waals surface area (Å²) in [6, 6.07) is 6.78. The Kier molecular flexibility index (Phi) is 5.45. The Morgan fingerprint density at radius 3 is 2.43 bits per heavy atom. The quantitative estimate of drug-likeness (QED) is 0.878. The summed E-state index contributed by atoms with van der Waals surface area (Å²) >= 11 is 0. The van der Waals surface area contributed by atoms with Gasteiger partial charge in [0.15, 0.2) is 0 Å². The van der Waals surface area contributed by atoms with Crippen LogP contribution in [0.4, 0.5) is 0 Å². The van der Waals surface area contributed by atoms with Crippen molar-refractivity contribution in [3.05, 3.63) is 58.7 Å². The molecule has 0 saturated carbocycles. The number of aromatic nitrogens is 2. The smallest absolute Gasteiger partial charge is 0.115 e. The normalized spacial score (nSPS) is 12.4. The largest absolute Gasteiger partial charge is 0.308 e. The van der Waals surface area contributed by atoms with Crippen LogP contribution in [0, 0.1) is 20.8 Å². The maximum absolute atomic E-state index is 4.43. The first-order valence-electron chi connectivity index (χ1n) is 7.67. The van der Waals surface area contributed by atoms with Crippen LogP contribution in [0.2, 0.25) is 0 Å². The number of hydrogen-bond donors (Lipinski definition) is 1.